The quantitative estimate of drug-likeness (QED) is 0.749. The van der Waals surface area contributed by atoms with Crippen molar-refractivity contribution in [1.82, 2.24) is 4.72 Å². The predicted octanol–water partition coefficient (Wildman–Crippen LogP) is 4.05. The monoisotopic (exact) mass is 405 g/mol. The number of benzene rings is 1. The third kappa shape index (κ3) is 3.57. The fraction of sp³-hybridized carbons (Fsp3) is 0.455. The molecule has 19 heavy (non-hydrogen) atoms. The molecule has 0 aromatic heterocycles. The second kappa shape index (κ2) is 5.70. The maximum absolute atomic E-state index is 12.2. The summed E-state index contributed by atoms with van der Waals surface area (Å²) in [5, 5.41) is 0.171. The lowest BCUT2D eigenvalue weighted by molar-refractivity contribution is 0.534. The van der Waals surface area contributed by atoms with Crippen LogP contribution < -0.4 is 4.72 Å². The zero-order valence-corrected chi connectivity index (χ0v) is 14.4. The zero-order chi connectivity index (χ0) is 14.3. The SMILES string of the molecule is O=S(=O)(NCC1(CCl)CC1)c1c(Cl)cc(Br)cc1Cl. The number of halogens is 4. The number of nitrogens with one attached hydrogen (secondary N) is 1. The van der Waals surface area contributed by atoms with E-state index in [1.807, 2.05) is 0 Å². The third-order valence-corrected chi connectivity index (χ3v) is 6.46. The van der Waals surface area contributed by atoms with Crippen molar-refractivity contribution < 1.29 is 8.42 Å². The molecule has 1 saturated carbocycles. The Morgan fingerprint density at radius 1 is 1.26 bits per heavy atom. The van der Waals surface area contributed by atoms with E-state index in [0.717, 1.165) is 12.8 Å². The predicted molar refractivity (Wildman–Crippen MR) is 81.7 cm³/mol. The molecule has 0 aliphatic heterocycles. The van der Waals surface area contributed by atoms with Gasteiger partial charge in [0, 0.05) is 16.9 Å². The highest BCUT2D eigenvalue weighted by molar-refractivity contribution is 9.10. The molecule has 1 N–H and O–H groups in total. The van der Waals surface area contributed by atoms with E-state index in [0.29, 0.717) is 16.9 Å². The molecule has 1 fully saturated rings. The Balaban J connectivity index is 2.25. The van der Waals surface area contributed by atoms with Crippen molar-refractivity contribution in [3.05, 3.63) is 26.7 Å². The average Bonchev–Trinajstić information content (AvgIpc) is 3.05. The van der Waals surface area contributed by atoms with Crippen molar-refractivity contribution in [3.63, 3.8) is 0 Å². The minimum absolute atomic E-state index is 0.0857. The molecule has 1 aliphatic rings. The van der Waals surface area contributed by atoms with Gasteiger partial charge < -0.3 is 0 Å². The zero-order valence-electron chi connectivity index (χ0n) is 9.72. The number of sulfonamides is 1. The molecule has 0 bridgehead atoms. The molecule has 0 unspecified atom stereocenters. The van der Waals surface area contributed by atoms with Gasteiger partial charge in [0.2, 0.25) is 10.0 Å². The van der Waals surface area contributed by atoms with Crippen molar-refractivity contribution in [3.8, 4) is 0 Å². The van der Waals surface area contributed by atoms with Gasteiger partial charge in [0.05, 0.1) is 10.0 Å². The lowest BCUT2D eigenvalue weighted by Gasteiger charge is -2.14. The third-order valence-electron chi connectivity index (χ3n) is 3.11. The Hall–Kier alpha value is 0.480. The number of hydrogen-bond donors (Lipinski definition) is 1. The van der Waals surface area contributed by atoms with E-state index in [2.05, 4.69) is 20.7 Å². The van der Waals surface area contributed by atoms with E-state index in [9.17, 15) is 8.42 Å². The topological polar surface area (TPSA) is 46.2 Å². The van der Waals surface area contributed by atoms with Crippen LogP contribution in [0, 0.1) is 5.41 Å². The van der Waals surface area contributed by atoms with Crippen LogP contribution in [0.5, 0.6) is 0 Å². The molecule has 3 nitrogen and oxygen atoms in total. The van der Waals surface area contributed by atoms with Crippen LogP contribution in [0.2, 0.25) is 10.0 Å². The van der Waals surface area contributed by atoms with Crippen LogP contribution in [0.15, 0.2) is 21.5 Å². The van der Waals surface area contributed by atoms with Crippen molar-refractivity contribution in [2.45, 2.75) is 17.7 Å². The largest absolute Gasteiger partial charge is 0.243 e. The second-order valence-corrected chi connectivity index (χ2v) is 8.36. The summed E-state index contributed by atoms with van der Waals surface area (Å²) in [5.74, 6) is 0.442. The fourth-order valence-electron chi connectivity index (χ4n) is 1.64. The summed E-state index contributed by atoms with van der Waals surface area (Å²) in [4.78, 5) is -0.0931. The van der Waals surface area contributed by atoms with Gasteiger partial charge in [-0.25, -0.2) is 13.1 Å². The van der Waals surface area contributed by atoms with Crippen LogP contribution in [-0.4, -0.2) is 20.8 Å². The highest BCUT2D eigenvalue weighted by Gasteiger charge is 2.42. The molecule has 2 rings (SSSR count). The lowest BCUT2D eigenvalue weighted by atomic mass is 10.1. The summed E-state index contributed by atoms with van der Waals surface area (Å²) in [5.41, 5.74) is -0.108. The van der Waals surface area contributed by atoms with Gasteiger partial charge in [-0.2, -0.15) is 0 Å². The first kappa shape index (κ1) is 15.9. The van der Waals surface area contributed by atoms with Gasteiger partial charge >= 0.3 is 0 Å². The molecule has 0 radical (unpaired) electrons. The molecule has 0 amide bonds. The summed E-state index contributed by atoms with van der Waals surface area (Å²) in [6.07, 6.45) is 1.86. The Morgan fingerprint density at radius 3 is 2.21 bits per heavy atom. The van der Waals surface area contributed by atoms with Crippen LogP contribution >= 0.6 is 50.7 Å². The Bertz CT molecular complexity index is 579. The molecule has 1 aromatic carbocycles. The summed E-state index contributed by atoms with van der Waals surface area (Å²) in [6, 6.07) is 2.99. The molecule has 106 valence electrons. The molecular formula is C11H11BrCl3NO2S. The molecule has 0 saturated heterocycles. The van der Waals surface area contributed by atoms with Crippen molar-refractivity contribution in [2.75, 3.05) is 12.4 Å². The first-order chi connectivity index (χ1) is 8.80. The van der Waals surface area contributed by atoms with Gasteiger partial charge in [0.25, 0.3) is 0 Å². The van der Waals surface area contributed by atoms with E-state index >= 15 is 0 Å². The number of rotatable bonds is 5. The molecular weight excluding hydrogens is 396 g/mol. The Kier molecular flexibility index (Phi) is 4.76. The summed E-state index contributed by atoms with van der Waals surface area (Å²) in [7, 11) is -3.74. The van der Waals surface area contributed by atoms with Crippen LogP contribution in [-0.2, 0) is 10.0 Å². The standard InChI is InChI=1S/C11H11BrCl3NO2S/c12-7-3-8(14)10(9(15)4-7)19(17,18)16-6-11(5-13)1-2-11/h3-4,16H,1-2,5-6H2. The van der Waals surface area contributed by atoms with Crippen molar-refractivity contribution >= 4 is 60.8 Å². The molecule has 1 aliphatic carbocycles. The van der Waals surface area contributed by atoms with Crippen LogP contribution in [0.1, 0.15) is 12.8 Å². The highest BCUT2D eigenvalue weighted by atomic mass is 79.9. The average molecular weight is 408 g/mol. The first-order valence-corrected chi connectivity index (χ1v) is 9.06. The maximum atomic E-state index is 12.2. The summed E-state index contributed by atoms with van der Waals surface area (Å²) in [6.45, 7) is 0.307. The minimum Gasteiger partial charge on any atom is -0.210 e. The molecule has 0 atom stereocenters. The van der Waals surface area contributed by atoms with Crippen LogP contribution in [0.3, 0.4) is 0 Å². The lowest BCUT2D eigenvalue weighted by Crippen LogP contribution is -2.31. The van der Waals surface area contributed by atoms with Crippen LogP contribution in [0.25, 0.3) is 0 Å². The van der Waals surface area contributed by atoms with E-state index in [1.165, 1.54) is 12.1 Å². The van der Waals surface area contributed by atoms with Crippen LogP contribution in [0.4, 0.5) is 0 Å². The Morgan fingerprint density at radius 2 is 1.79 bits per heavy atom. The molecule has 8 heteroatoms. The summed E-state index contributed by atoms with van der Waals surface area (Å²) < 4.78 is 27.6. The molecule has 0 spiro atoms. The van der Waals surface area contributed by atoms with Gasteiger partial charge in [-0.3, -0.25) is 0 Å². The van der Waals surface area contributed by atoms with Gasteiger partial charge in [-0.05, 0) is 30.4 Å². The van der Waals surface area contributed by atoms with Crippen molar-refractivity contribution in [2.24, 2.45) is 5.41 Å². The second-order valence-electron chi connectivity index (χ2n) is 4.66. The highest BCUT2D eigenvalue weighted by Crippen LogP contribution is 2.46. The van der Waals surface area contributed by atoms with E-state index in [4.69, 9.17) is 34.8 Å². The first-order valence-electron chi connectivity index (χ1n) is 5.50. The van der Waals surface area contributed by atoms with Gasteiger partial charge in [0.15, 0.2) is 0 Å². The molecule has 1 aromatic rings. The number of alkyl halides is 1. The van der Waals surface area contributed by atoms with E-state index in [1.54, 1.807) is 0 Å². The van der Waals surface area contributed by atoms with Crippen molar-refractivity contribution in [1.29, 1.82) is 0 Å². The van der Waals surface area contributed by atoms with Gasteiger partial charge in [-0.1, -0.05) is 39.1 Å². The van der Waals surface area contributed by atoms with Gasteiger partial charge in [-0.15, -0.1) is 11.6 Å². The fourth-order valence-corrected chi connectivity index (χ4v) is 5.09. The normalized spacial score (nSPS) is 17.5. The number of hydrogen-bond acceptors (Lipinski definition) is 2. The van der Waals surface area contributed by atoms with Gasteiger partial charge in [0.1, 0.15) is 4.90 Å². The Labute approximate surface area is 135 Å². The molecule has 0 heterocycles. The summed E-state index contributed by atoms with van der Waals surface area (Å²) >= 11 is 20.9. The smallest absolute Gasteiger partial charge is 0.210 e. The maximum Gasteiger partial charge on any atom is 0.243 e. The van der Waals surface area contributed by atoms with E-state index in [-0.39, 0.29) is 20.4 Å². The minimum atomic E-state index is -3.74. The van der Waals surface area contributed by atoms with E-state index < -0.39 is 10.0 Å².